The first-order valence-electron chi connectivity index (χ1n) is 4.77. The molecule has 15 heavy (non-hydrogen) atoms. The fourth-order valence-electron chi connectivity index (χ4n) is 1.30. The van der Waals surface area contributed by atoms with Gasteiger partial charge in [-0.1, -0.05) is 39.0 Å². The van der Waals surface area contributed by atoms with Crippen molar-refractivity contribution in [3.8, 4) is 0 Å². The number of hydrogen-bond acceptors (Lipinski definition) is 2. The number of carbonyl (C=O) groups excluding carboxylic acids is 2. The second-order valence-corrected chi connectivity index (χ2v) is 4.49. The molecule has 0 spiro atoms. The minimum absolute atomic E-state index is 0.0723. The molecule has 0 heterocycles. The summed E-state index contributed by atoms with van der Waals surface area (Å²) in [4.78, 5) is 23.1. The van der Waals surface area contributed by atoms with Gasteiger partial charge >= 0.3 is 0 Å². The number of ketones is 1. The maximum Gasteiger partial charge on any atom is 0.249 e. The summed E-state index contributed by atoms with van der Waals surface area (Å²) >= 11 is 0. The highest BCUT2D eigenvalue weighted by Crippen LogP contribution is 2.22. The quantitative estimate of drug-likeness (QED) is 0.751. The molecule has 2 N–H and O–H groups in total. The van der Waals surface area contributed by atoms with Gasteiger partial charge in [0.15, 0.2) is 5.78 Å². The molecular weight excluding hydrogens is 190 g/mol. The Balaban J connectivity index is 3.26. The summed E-state index contributed by atoms with van der Waals surface area (Å²) in [5, 5.41) is 0. The van der Waals surface area contributed by atoms with Gasteiger partial charge in [0.2, 0.25) is 5.91 Å². The second-order valence-electron chi connectivity index (χ2n) is 4.49. The van der Waals surface area contributed by atoms with Crippen LogP contribution in [-0.2, 0) is 0 Å². The lowest BCUT2D eigenvalue weighted by Crippen LogP contribution is -2.24. The summed E-state index contributed by atoms with van der Waals surface area (Å²) in [6, 6.07) is 6.62. The maximum absolute atomic E-state index is 12.0. The molecule has 1 rings (SSSR count). The van der Waals surface area contributed by atoms with E-state index in [4.69, 9.17) is 5.73 Å². The van der Waals surface area contributed by atoms with Gasteiger partial charge in [-0.3, -0.25) is 9.59 Å². The van der Waals surface area contributed by atoms with Crippen LogP contribution in [0.15, 0.2) is 24.3 Å². The highest BCUT2D eigenvalue weighted by atomic mass is 16.1. The Morgan fingerprint density at radius 2 is 1.53 bits per heavy atom. The number of amides is 1. The Labute approximate surface area is 89.3 Å². The van der Waals surface area contributed by atoms with E-state index in [2.05, 4.69) is 0 Å². The van der Waals surface area contributed by atoms with Crippen molar-refractivity contribution in [1.29, 1.82) is 0 Å². The molecule has 0 fully saturated rings. The monoisotopic (exact) mass is 205 g/mol. The van der Waals surface area contributed by atoms with Gasteiger partial charge in [-0.25, -0.2) is 0 Å². The van der Waals surface area contributed by atoms with Gasteiger partial charge in [-0.2, -0.15) is 0 Å². The van der Waals surface area contributed by atoms with E-state index >= 15 is 0 Å². The summed E-state index contributed by atoms with van der Waals surface area (Å²) in [5.74, 6) is -0.639. The number of primary amides is 1. The predicted molar refractivity (Wildman–Crippen MR) is 58.7 cm³/mol. The second kappa shape index (κ2) is 3.85. The maximum atomic E-state index is 12.0. The average Bonchev–Trinajstić information content (AvgIpc) is 2.15. The van der Waals surface area contributed by atoms with Crippen LogP contribution in [0.4, 0.5) is 0 Å². The van der Waals surface area contributed by atoms with Gasteiger partial charge in [-0.05, 0) is 6.07 Å². The van der Waals surface area contributed by atoms with Crippen LogP contribution in [0.2, 0.25) is 0 Å². The molecule has 0 saturated carbocycles. The Bertz CT molecular complexity index is 402. The molecule has 0 aromatic heterocycles. The third kappa shape index (κ3) is 2.43. The highest BCUT2D eigenvalue weighted by molar-refractivity contribution is 6.09. The molecule has 1 amide bonds. The summed E-state index contributed by atoms with van der Waals surface area (Å²) in [6.07, 6.45) is 0. The van der Waals surface area contributed by atoms with Crippen molar-refractivity contribution in [3.63, 3.8) is 0 Å². The van der Waals surface area contributed by atoms with E-state index in [1.165, 1.54) is 0 Å². The fraction of sp³-hybridized carbons (Fsp3) is 0.333. The zero-order chi connectivity index (χ0) is 11.6. The number of rotatable bonds is 2. The largest absolute Gasteiger partial charge is 0.366 e. The van der Waals surface area contributed by atoms with E-state index in [1.807, 2.05) is 20.8 Å². The zero-order valence-electron chi connectivity index (χ0n) is 9.20. The Morgan fingerprint density at radius 1 is 1.07 bits per heavy atom. The molecule has 80 valence electrons. The molecule has 1 aromatic rings. The average molecular weight is 205 g/mol. The number of benzene rings is 1. The fourth-order valence-corrected chi connectivity index (χ4v) is 1.30. The van der Waals surface area contributed by atoms with Gasteiger partial charge in [0, 0.05) is 16.5 Å². The van der Waals surface area contributed by atoms with Gasteiger partial charge in [0.25, 0.3) is 0 Å². The molecule has 3 heteroatoms. The highest BCUT2D eigenvalue weighted by Gasteiger charge is 2.25. The topological polar surface area (TPSA) is 60.2 Å². The first-order chi connectivity index (χ1) is 6.84. The standard InChI is InChI=1S/C12H15NO2/c1-12(2,3)10(14)8-6-4-5-7-9(8)11(13)15/h4-7H,1-3H3,(H2,13,15). The van der Waals surface area contributed by atoms with Crippen LogP contribution in [0.1, 0.15) is 41.5 Å². The number of Topliss-reactive ketones (excluding diaryl/α,β-unsaturated/α-hetero) is 1. The van der Waals surface area contributed by atoms with E-state index in [0.29, 0.717) is 5.56 Å². The van der Waals surface area contributed by atoms with Gasteiger partial charge < -0.3 is 5.73 Å². The van der Waals surface area contributed by atoms with Gasteiger partial charge in [-0.15, -0.1) is 0 Å². The molecule has 0 aliphatic heterocycles. The van der Waals surface area contributed by atoms with E-state index in [1.54, 1.807) is 24.3 Å². The minimum Gasteiger partial charge on any atom is -0.366 e. The Morgan fingerprint density at radius 3 is 1.93 bits per heavy atom. The van der Waals surface area contributed by atoms with Crippen LogP contribution in [0.5, 0.6) is 0 Å². The molecule has 0 unspecified atom stereocenters. The van der Waals surface area contributed by atoms with Crippen LogP contribution in [0.3, 0.4) is 0 Å². The van der Waals surface area contributed by atoms with E-state index in [0.717, 1.165) is 0 Å². The number of carbonyl (C=O) groups is 2. The SMILES string of the molecule is CC(C)(C)C(=O)c1ccccc1C(N)=O. The molecular formula is C12H15NO2. The normalized spacial score (nSPS) is 11.1. The van der Waals surface area contributed by atoms with E-state index in [-0.39, 0.29) is 11.3 Å². The smallest absolute Gasteiger partial charge is 0.249 e. The van der Waals surface area contributed by atoms with Crippen LogP contribution in [0.25, 0.3) is 0 Å². The van der Waals surface area contributed by atoms with E-state index in [9.17, 15) is 9.59 Å². The van der Waals surface area contributed by atoms with Crippen molar-refractivity contribution >= 4 is 11.7 Å². The lowest BCUT2D eigenvalue weighted by Gasteiger charge is -2.17. The van der Waals surface area contributed by atoms with Crippen LogP contribution >= 0.6 is 0 Å². The molecule has 0 radical (unpaired) electrons. The molecule has 0 aliphatic rings. The van der Waals surface area contributed by atoms with E-state index < -0.39 is 11.3 Å². The first kappa shape index (κ1) is 11.4. The zero-order valence-corrected chi connectivity index (χ0v) is 9.20. The molecule has 1 aromatic carbocycles. The Kier molecular flexibility index (Phi) is 2.93. The number of hydrogen-bond donors (Lipinski definition) is 1. The summed E-state index contributed by atoms with van der Waals surface area (Å²) in [6.45, 7) is 5.44. The van der Waals surface area contributed by atoms with Crippen molar-refractivity contribution in [2.75, 3.05) is 0 Å². The molecule has 3 nitrogen and oxygen atoms in total. The summed E-state index contributed by atoms with van der Waals surface area (Å²) in [7, 11) is 0. The first-order valence-corrected chi connectivity index (χ1v) is 4.77. The lowest BCUT2D eigenvalue weighted by atomic mass is 9.84. The number of nitrogens with two attached hydrogens (primary N) is 1. The van der Waals surface area contributed by atoms with Gasteiger partial charge in [0.05, 0.1) is 0 Å². The van der Waals surface area contributed by atoms with Gasteiger partial charge in [0.1, 0.15) is 0 Å². The minimum atomic E-state index is -0.566. The molecule has 0 aliphatic carbocycles. The van der Waals surface area contributed by atoms with Crippen molar-refractivity contribution in [2.45, 2.75) is 20.8 Å². The third-order valence-electron chi connectivity index (χ3n) is 2.12. The molecule has 0 atom stereocenters. The van der Waals surface area contributed by atoms with Crippen molar-refractivity contribution < 1.29 is 9.59 Å². The lowest BCUT2D eigenvalue weighted by molar-refractivity contribution is 0.0850. The van der Waals surface area contributed by atoms with Crippen molar-refractivity contribution in [2.24, 2.45) is 11.1 Å². The van der Waals surface area contributed by atoms with Crippen molar-refractivity contribution in [3.05, 3.63) is 35.4 Å². The Hall–Kier alpha value is -1.64. The van der Waals surface area contributed by atoms with Crippen molar-refractivity contribution in [1.82, 2.24) is 0 Å². The van der Waals surface area contributed by atoms with Crippen LogP contribution in [-0.4, -0.2) is 11.7 Å². The third-order valence-corrected chi connectivity index (χ3v) is 2.12. The molecule has 0 saturated heterocycles. The summed E-state index contributed by atoms with van der Waals surface area (Å²) < 4.78 is 0. The molecule has 0 bridgehead atoms. The predicted octanol–water partition coefficient (Wildman–Crippen LogP) is 2.01. The van der Waals surface area contributed by atoms with Crippen LogP contribution in [0, 0.1) is 5.41 Å². The summed E-state index contributed by atoms with van der Waals surface area (Å²) in [5.41, 5.74) is 5.39. The van der Waals surface area contributed by atoms with Crippen LogP contribution < -0.4 is 5.73 Å².